The number of ether oxygens (including phenoxy) is 2. The Hall–Kier alpha value is -3.17. The average Bonchev–Trinajstić information content (AvgIpc) is 3.34. The Kier molecular flexibility index (Phi) is 5.32. The van der Waals surface area contributed by atoms with Crippen LogP contribution in [0.25, 0.3) is 11.5 Å². The molecule has 2 N–H and O–H groups in total. The first kappa shape index (κ1) is 19.2. The van der Waals surface area contributed by atoms with E-state index in [0.717, 1.165) is 17.7 Å². The minimum Gasteiger partial charge on any atom is -0.454 e. The lowest BCUT2D eigenvalue weighted by molar-refractivity contribution is -0.917. The van der Waals surface area contributed by atoms with Crippen molar-refractivity contribution in [3.8, 4) is 23.0 Å². The first-order valence-corrected chi connectivity index (χ1v) is 9.54. The smallest absolute Gasteiger partial charge is 0.292 e. The lowest BCUT2D eigenvalue weighted by Gasteiger charge is -2.13. The molecule has 8 nitrogen and oxygen atoms in total. The zero-order chi connectivity index (χ0) is 20.4. The predicted molar refractivity (Wildman–Crippen MR) is 107 cm³/mol. The molecule has 0 aliphatic carbocycles. The quantitative estimate of drug-likeness (QED) is 0.598. The van der Waals surface area contributed by atoms with Crippen LogP contribution in [-0.2, 0) is 13.2 Å². The van der Waals surface area contributed by atoms with Crippen molar-refractivity contribution < 1.29 is 23.6 Å². The number of nitrogens with one attached hydrogen (secondary N) is 2. The van der Waals surface area contributed by atoms with Gasteiger partial charge >= 0.3 is 0 Å². The molecule has 0 spiro atoms. The monoisotopic (exact) mass is 413 g/mol. The molecule has 1 amide bonds. The number of benzene rings is 2. The molecule has 1 aromatic heterocycles. The molecule has 0 saturated carbocycles. The third kappa shape index (κ3) is 4.15. The van der Waals surface area contributed by atoms with Gasteiger partial charge in [-0.25, -0.2) is 0 Å². The van der Waals surface area contributed by atoms with E-state index in [4.69, 9.17) is 26.1 Å². The highest BCUT2D eigenvalue weighted by Crippen LogP contribution is 2.35. The Bertz CT molecular complexity index is 1090. The number of carbonyl (C=O) groups excluding carboxylic acids is 1. The van der Waals surface area contributed by atoms with E-state index in [1.165, 1.54) is 4.90 Å². The summed E-state index contributed by atoms with van der Waals surface area (Å²) in [6.45, 7) is 1.51. The van der Waals surface area contributed by atoms with Crippen molar-refractivity contribution in [3.05, 3.63) is 58.4 Å². The molecular weight excluding hydrogens is 392 g/mol. The second kappa shape index (κ2) is 8.06. The van der Waals surface area contributed by atoms with Gasteiger partial charge in [-0.15, -0.1) is 5.10 Å². The van der Waals surface area contributed by atoms with Gasteiger partial charge in [-0.1, -0.05) is 12.1 Å². The average molecular weight is 413 g/mol. The van der Waals surface area contributed by atoms with Crippen LogP contribution in [0, 0.1) is 4.84 Å². The molecule has 2 aromatic carbocycles. The molecule has 1 aliphatic rings. The Morgan fingerprint density at radius 1 is 1.21 bits per heavy atom. The topological polar surface area (TPSA) is 83.0 Å². The lowest BCUT2D eigenvalue weighted by Crippen LogP contribution is -3.07. The van der Waals surface area contributed by atoms with Gasteiger partial charge in [0, 0.05) is 23.7 Å². The van der Waals surface area contributed by atoms with Gasteiger partial charge in [-0.2, -0.15) is 4.68 Å². The fourth-order valence-electron chi connectivity index (χ4n) is 3.13. The third-order valence-electron chi connectivity index (χ3n) is 4.59. The third-order valence-corrected chi connectivity index (χ3v) is 4.89. The summed E-state index contributed by atoms with van der Waals surface area (Å²) in [5.41, 5.74) is 2.53. The summed E-state index contributed by atoms with van der Waals surface area (Å²) in [6, 6.07) is 13.1. The van der Waals surface area contributed by atoms with Gasteiger partial charge in [0.25, 0.3) is 10.7 Å². The molecule has 0 saturated heterocycles. The zero-order valence-corrected chi connectivity index (χ0v) is 16.9. The molecule has 4 rings (SSSR count). The summed E-state index contributed by atoms with van der Waals surface area (Å²) < 4.78 is 18.1. The maximum atomic E-state index is 11.6. The Morgan fingerprint density at radius 3 is 2.72 bits per heavy atom. The van der Waals surface area contributed by atoms with E-state index >= 15 is 0 Å². The first-order valence-electron chi connectivity index (χ1n) is 9.14. The van der Waals surface area contributed by atoms with Gasteiger partial charge in [0.15, 0.2) is 18.2 Å². The largest absolute Gasteiger partial charge is 0.454 e. The predicted octanol–water partition coefficient (Wildman–Crippen LogP) is 1.63. The van der Waals surface area contributed by atoms with Gasteiger partial charge < -0.3 is 24.1 Å². The van der Waals surface area contributed by atoms with Crippen LogP contribution in [0.2, 0.25) is 0 Å². The van der Waals surface area contributed by atoms with E-state index in [1.54, 1.807) is 11.7 Å². The standard InChI is InChI=1S/C20H20N4O4S/c1-21-18(25)14-5-3-13(4-6-14)10-23(2)11-24-20(29)28-19(22-24)15-7-8-16-17(9-15)27-12-26-16/h3-9H,10-12H2,1-2H3,(H,21,25)/p+1. The lowest BCUT2D eigenvalue weighted by atomic mass is 10.1. The van der Waals surface area contributed by atoms with Crippen LogP contribution >= 0.6 is 12.2 Å². The van der Waals surface area contributed by atoms with E-state index in [0.29, 0.717) is 34.5 Å². The Balaban J connectivity index is 1.44. The molecule has 29 heavy (non-hydrogen) atoms. The Morgan fingerprint density at radius 2 is 1.97 bits per heavy atom. The molecule has 0 fully saturated rings. The van der Waals surface area contributed by atoms with Crippen LogP contribution < -0.4 is 19.7 Å². The first-order chi connectivity index (χ1) is 14.0. The number of carbonyl (C=O) groups is 1. The number of hydrogen-bond acceptors (Lipinski definition) is 6. The number of amides is 1. The molecule has 1 unspecified atom stereocenters. The summed E-state index contributed by atoms with van der Waals surface area (Å²) in [6.07, 6.45) is 0. The second-order valence-electron chi connectivity index (χ2n) is 6.81. The van der Waals surface area contributed by atoms with Crippen LogP contribution in [0.1, 0.15) is 15.9 Å². The van der Waals surface area contributed by atoms with Crippen LogP contribution in [0.15, 0.2) is 46.9 Å². The number of nitrogens with zero attached hydrogens (tertiary/aromatic N) is 2. The van der Waals surface area contributed by atoms with Crippen molar-refractivity contribution >= 4 is 18.1 Å². The summed E-state index contributed by atoms with van der Waals surface area (Å²) in [4.78, 5) is 13.1. The summed E-state index contributed by atoms with van der Waals surface area (Å²) in [7, 11) is 3.66. The molecular formula is C20H21N4O4S+. The molecule has 9 heteroatoms. The Labute approximate surface area is 172 Å². The SMILES string of the molecule is CNC(=O)c1ccc(C[NH+](C)Cn2nc(-c3ccc4c(c3)OCO4)oc2=S)cc1. The van der Waals surface area contributed by atoms with E-state index < -0.39 is 0 Å². The molecule has 150 valence electrons. The van der Waals surface area contributed by atoms with Gasteiger partial charge in [0.05, 0.1) is 7.05 Å². The minimum atomic E-state index is -0.0952. The van der Waals surface area contributed by atoms with Crippen LogP contribution in [-0.4, -0.2) is 36.6 Å². The normalized spacial score (nSPS) is 13.3. The van der Waals surface area contributed by atoms with Crippen molar-refractivity contribution in [2.75, 3.05) is 20.9 Å². The number of hydrogen-bond donors (Lipinski definition) is 2. The molecule has 3 aromatic rings. The van der Waals surface area contributed by atoms with Gasteiger partial charge in [-0.3, -0.25) is 4.79 Å². The van der Waals surface area contributed by atoms with E-state index in [2.05, 4.69) is 10.4 Å². The number of quaternary nitrogens is 1. The maximum Gasteiger partial charge on any atom is 0.292 e. The summed E-state index contributed by atoms with van der Waals surface area (Å²) in [5.74, 6) is 1.72. The van der Waals surface area contributed by atoms with Gasteiger partial charge in [0.2, 0.25) is 12.7 Å². The van der Waals surface area contributed by atoms with Crippen LogP contribution in [0.3, 0.4) is 0 Å². The highest BCUT2D eigenvalue weighted by atomic mass is 32.1. The number of fused-ring (bicyclic) bond motifs is 1. The van der Waals surface area contributed by atoms with Gasteiger partial charge in [0.1, 0.15) is 6.54 Å². The highest BCUT2D eigenvalue weighted by Gasteiger charge is 2.17. The second-order valence-corrected chi connectivity index (χ2v) is 7.16. The maximum absolute atomic E-state index is 11.6. The van der Waals surface area contributed by atoms with E-state index in [-0.39, 0.29) is 12.7 Å². The van der Waals surface area contributed by atoms with Gasteiger partial charge in [-0.05, 0) is 42.5 Å². The molecule has 0 bridgehead atoms. The van der Waals surface area contributed by atoms with Crippen molar-refractivity contribution in [3.63, 3.8) is 0 Å². The van der Waals surface area contributed by atoms with E-state index in [9.17, 15) is 4.79 Å². The van der Waals surface area contributed by atoms with Crippen molar-refractivity contribution in [1.82, 2.24) is 15.1 Å². The molecule has 1 atom stereocenters. The number of aromatic nitrogens is 2. The van der Waals surface area contributed by atoms with Crippen molar-refractivity contribution in [1.29, 1.82) is 0 Å². The van der Waals surface area contributed by atoms with Crippen LogP contribution in [0.4, 0.5) is 0 Å². The number of rotatable bonds is 6. The van der Waals surface area contributed by atoms with E-state index in [1.807, 2.05) is 49.5 Å². The molecule has 1 aliphatic heterocycles. The fourth-order valence-corrected chi connectivity index (χ4v) is 3.32. The zero-order valence-electron chi connectivity index (χ0n) is 16.1. The molecule has 0 radical (unpaired) electrons. The van der Waals surface area contributed by atoms with Crippen LogP contribution in [0.5, 0.6) is 11.5 Å². The van der Waals surface area contributed by atoms with Crippen molar-refractivity contribution in [2.45, 2.75) is 13.2 Å². The molecule has 2 heterocycles. The fraction of sp³-hybridized carbons (Fsp3) is 0.250. The minimum absolute atomic E-state index is 0.0952. The highest BCUT2D eigenvalue weighted by molar-refractivity contribution is 7.71. The summed E-state index contributed by atoms with van der Waals surface area (Å²) in [5, 5.41) is 7.13. The summed E-state index contributed by atoms with van der Waals surface area (Å²) >= 11 is 5.33. The van der Waals surface area contributed by atoms with Crippen molar-refractivity contribution in [2.24, 2.45) is 0 Å².